The molecule has 1 aliphatic carbocycles. The number of benzene rings is 2. The summed E-state index contributed by atoms with van der Waals surface area (Å²) in [7, 11) is 5.16. The molecule has 6 heteroatoms. The first-order valence-corrected chi connectivity index (χ1v) is 10.1. The molecule has 2 aromatic rings. The highest BCUT2D eigenvalue weighted by Gasteiger charge is 2.41. The molecule has 2 aliphatic rings. The Morgan fingerprint density at radius 2 is 1.86 bits per heavy atom. The summed E-state index contributed by atoms with van der Waals surface area (Å²) in [6, 6.07) is 13.4. The Morgan fingerprint density at radius 1 is 1.14 bits per heavy atom. The number of nitrogens with zero attached hydrogens (tertiary/aromatic N) is 2. The summed E-state index contributed by atoms with van der Waals surface area (Å²) < 4.78 is 24.9. The van der Waals surface area contributed by atoms with E-state index >= 15 is 0 Å². The molecule has 1 aliphatic heterocycles. The standard InChI is InChI=1S/C23H28FN3O2/c1-25-23(26-22-13-20(22)19-6-4-5-7-21(19)24)27-9-8-15(14-27)16-10-17(28-2)12-18(11-16)29-3/h4-7,10-12,15,20,22H,8-9,13-14H2,1-3H3,(H,25,26). The minimum Gasteiger partial charge on any atom is -0.497 e. The molecule has 0 bridgehead atoms. The summed E-state index contributed by atoms with van der Waals surface area (Å²) >= 11 is 0. The summed E-state index contributed by atoms with van der Waals surface area (Å²) in [5, 5.41) is 3.54. The van der Waals surface area contributed by atoms with Crippen molar-refractivity contribution in [2.45, 2.75) is 30.7 Å². The van der Waals surface area contributed by atoms with Gasteiger partial charge in [-0.15, -0.1) is 0 Å². The predicted molar refractivity (Wildman–Crippen MR) is 113 cm³/mol. The van der Waals surface area contributed by atoms with E-state index in [1.54, 1.807) is 20.3 Å². The summed E-state index contributed by atoms with van der Waals surface area (Å²) in [6.07, 6.45) is 1.97. The van der Waals surface area contributed by atoms with Gasteiger partial charge in [0.2, 0.25) is 0 Å². The lowest BCUT2D eigenvalue weighted by molar-refractivity contribution is 0.392. The molecule has 0 spiro atoms. The molecule has 154 valence electrons. The maximum Gasteiger partial charge on any atom is 0.193 e. The Balaban J connectivity index is 1.40. The minimum absolute atomic E-state index is 0.120. The Morgan fingerprint density at radius 3 is 2.52 bits per heavy atom. The van der Waals surface area contributed by atoms with Crippen LogP contribution >= 0.6 is 0 Å². The zero-order valence-electron chi connectivity index (χ0n) is 17.2. The molecule has 0 amide bonds. The number of nitrogens with one attached hydrogen (secondary N) is 1. The molecule has 1 saturated heterocycles. The third kappa shape index (κ3) is 4.16. The SMILES string of the molecule is CN=C(NC1CC1c1ccccc1F)N1CCC(c2cc(OC)cc(OC)c2)C1. The van der Waals surface area contributed by atoms with Crippen molar-refractivity contribution < 1.29 is 13.9 Å². The average molecular weight is 397 g/mol. The minimum atomic E-state index is -0.120. The first-order valence-electron chi connectivity index (χ1n) is 10.1. The number of halogens is 1. The Hall–Kier alpha value is -2.76. The molecule has 29 heavy (non-hydrogen) atoms. The highest BCUT2D eigenvalue weighted by Crippen LogP contribution is 2.42. The van der Waals surface area contributed by atoms with Crippen molar-refractivity contribution in [2.24, 2.45) is 4.99 Å². The molecule has 4 rings (SSSR count). The van der Waals surface area contributed by atoms with Gasteiger partial charge in [0, 0.05) is 44.1 Å². The van der Waals surface area contributed by atoms with Crippen LogP contribution in [0.25, 0.3) is 0 Å². The van der Waals surface area contributed by atoms with Crippen LogP contribution in [-0.4, -0.2) is 51.3 Å². The van der Waals surface area contributed by atoms with E-state index in [2.05, 4.69) is 27.3 Å². The third-order valence-electron chi connectivity index (χ3n) is 5.95. The molecule has 1 saturated carbocycles. The highest BCUT2D eigenvalue weighted by molar-refractivity contribution is 5.81. The normalized spacial score (nSPS) is 23.8. The topological polar surface area (TPSA) is 46.1 Å². The van der Waals surface area contributed by atoms with Crippen LogP contribution in [0.5, 0.6) is 11.5 Å². The Kier molecular flexibility index (Phi) is 5.60. The van der Waals surface area contributed by atoms with Gasteiger partial charge in [-0.1, -0.05) is 18.2 Å². The maximum atomic E-state index is 14.0. The average Bonchev–Trinajstić information content (AvgIpc) is 3.34. The number of guanidine groups is 1. The molecule has 2 aromatic carbocycles. The largest absolute Gasteiger partial charge is 0.497 e. The molecule has 1 heterocycles. The maximum absolute atomic E-state index is 14.0. The fourth-order valence-electron chi connectivity index (χ4n) is 4.23. The van der Waals surface area contributed by atoms with Crippen molar-refractivity contribution in [2.75, 3.05) is 34.4 Å². The second kappa shape index (κ2) is 8.31. The van der Waals surface area contributed by atoms with Crippen molar-refractivity contribution >= 4 is 5.96 Å². The van der Waals surface area contributed by atoms with Gasteiger partial charge >= 0.3 is 0 Å². The second-order valence-corrected chi connectivity index (χ2v) is 7.74. The van der Waals surface area contributed by atoms with Crippen molar-refractivity contribution in [3.8, 4) is 11.5 Å². The third-order valence-corrected chi connectivity index (χ3v) is 5.95. The smallest absolute Gasteiger partial charge is 0.193 e. The zero-order valence-corrected chi connectivity index (χ0v) is 17.2. The fourth-order valence-corrected chi connectivity index (χ4v) is 4.23. The number of likely N-dealkylation sites (tertiary alicyclic amines) is 1. The molecule has 0 aromatic heterocycles. The highest BCUT2D eigenvalue weighted by atomic mass is 19.1. The lowest BCUT2D eigenvalue weighted by Crippen LogP contribution is -2.41. The Labute approximate surface area is 171 Å². The van der Waals surface area contributed by atoms with Crippen LogP contribution in [0.4, 0.5) is 4.39 Å². The lowest BCUT2D eigenvalue weighted by Gasteiger charge is -2.22. The van der Waals surface area contributed by atoms with E-state index in [1.165, 1.54) is 11.6 Å². The van der Waals surface area contributed by atoms with Crippen molar-refractivity contribution in [1.82, 2.24) is 10.2 Å². The van der Waals surface area contributed by atoms with Crippen LogP contribution in [0.2, 0.25) is 0 Å². The number of aliphatic imine (C=N–C) groups is 1. The van der Waals surface area contributed by atoms with Gasteiger partial charge in [-0.05, 0) is 42.2 Å². The number of hydrogen-bond acceptors (Lipinski definition) is 3. The van der Waals surface area contributed by atoms with Gasteiger partial charge in [-0.3, -0.25) is 4.99 Å². The number of methoxy groups -OCH3 is 2. The number of hydrogen-bond donors (Lipinski definition) is 1. The van der Waals surface area contributed by atoms with E-state index in [1.807, 2.05) is 25.2 Å². The van der Waals surface area contributed by atoms with Gasteiger partial charge in [0.25, 0.3) is 0 Å². The molecule has 2 fully saturated rings. The number of rotatable bonds is 5. The molecule has 3 unspecified atom stereocenters. The second-order valence-electron chi connectivity index (χ2n) is 7.74. The number of ether oxygens (including phenoxy) is 2. The molecular weight excluding hydrogens is 369 g/mol. The van der Waals surface area contributed by atoms with Gasteiger partial charge < -0.3 is 19.7 Å². The molecule has 5 nitrogen and oxygen atoms in total. The summed E-state index contributed by atoms with van der Waals surface area (Å²) in [5.74, 6) is 3.00. The van der Waals surface area contributed by atoms with E-state index in [9.17, 15) is 4.39 Å². The summed E-state index contributed by atoms with van der Waals surface area (Å²) in [6.45, 7) is 1.81. The van der Waals surface area contributed by atoms with E-state index in [4.69, 9.17) is 9.47 Å². The van der Waals surface area contributed by atoms with E-state index < -0.39 is 0 Å². The molecule has 0 radical (unpaired) electrons. The van der Waals surface area contributed by atoms with Crippen LogP contribution < -0.4 is 14.8 Å². The van der Waals surface area contributed by atoms with Gasteiger partial charge in [0.05, 0.1) is 14.2 Å². The first-order chi connectivity index (χ1) is 14.1. The monoisotopic (exact) mass is 397 g/mol. The van der Waals surface area contributed by atoms with Crippen molar-refractivity contribution in [3.63, 3.8) is 0 Å². The van der Waals surface area contributed by atoms with E-state index in [0.717, 1.165) is 49.0 Å². The quantitative estimate of drug-likeness (QED) is 0.616. The van der Waals surface area contributed by atoms with E-state index in [0.29, 0.717) is 5.92 Å². The van der Waals surface area contributed by atoms with Crippen molar-refractivity contribution in [3.05, 3.63) is 59.4 Å². The predicted octanol–water partition coefficient (Wildman–Crippen LogP) is 3.76. The van der Waals surface area contributed by atoms with Crippen LogP contribution in [0.3, 0.4) is 0 Å². The molecular formula is C23H28FN3O2. The van der Waals surface area contributed by atoms with Crippen LogP contribution in [0, 0.1) is 5.82 Å². The van der Waals surface area contributed by atoms with Gasteiger partial charge in [-0.25, -0.2) is 4.39 Å². The van der Waals surface area contributed by atoms with Gasteiger partial charge in [-0.2, -0.15) is 0 Å². The van der Waals surface area contributed by atoms with Crippen LogP contribution in [0.15, 0.2) is 47.5 Å². The zero-order chi connectivity index (χ0) is 20.4. The summed E-state index contributed by atoms with van der Waals surface area (Å²) in [5.41, 5.74) is 2.01. The lowest BCUT2D eigenvalue weighted by atomic mass is 9.98. The first kappa shape index (κ1) is 19.6. The van der Waals surface area contributed by atoms with Gasteiger partial charge in [0.15, 0.2) is 5.96 Å². The van der Waals surface area contributed by atoms with Crippen molar-refractivity contribution in [1.29, 1.82) is 0 Å². The molecule has 1 N–H and O–H groups in total. The van der Waals surface area contributed by atoms with E-state index in [-0.39, 0.29) is 17.8 Å². The summed E-state index contributed by atoms with van der Waals surface area (Å²) in [4.78, 5) is 6.77. The van der Waals surface area contributed by atoms with Crippen LogP contribution in [0.1, 0.15) is 35.8 Å². The van der Waals surface area contributed by atoms with Gasteiger partial charge in [0.1, 0.15) is 17.3 Å². The molecule has 3 atom stereocenters. The fraction of sp³-hybridized carbons (Fsp3) is 0.435. The Bertz CT molecular complexity index is 879. The van der Waals surface area contributed by atoms with Crippen LogP contribution in [-0.2, 0) is 0 Å².